The quantitative estimate of drug-likeness (QED) is 0.722. The van der Waals surface area contributed by atoms with Gasteiger partial charge in [0.2, 0.25) is 0 Å². The lowest BCUT2D eigenvalue weighted by atomic mass is 9.82. The molecule has 2 saturated heterocycles. The van der Waals surface area contributed by atoms with Gasteiger partial charge in [-0.05, 0) is 37.3 Å². The van der Waals surface area contributed by atoms with Crippen LogP contribution in [0, 0.1) is 0 Å². The maximum atomic E-state index is 4.88. The molecule has 1 aromatic rings. The largest absolute Gasteiger partial charge is 0.297 e. The Labute approximate surface area is 128 Å². The molecular weight excluding hydrogens is 256 g/mol. The van der Waals surface area contributed by atoms with Crippen molar-refractivity contribution in [1.29, 1.82) is 0 Å². The van der Waals surface area contributed by atoms with Crippen LogP contribution < -0.4 is 5.32 Å². The summed E-state index contributed by atoms with van der Waals surface area (Å²) in [5.74, 6) is 0. The average molecular weight is 282 g/mol. The normalized spacial score (nSPS) is 35.6. The van der Waals surface area contributed by atoms with Crippen molar-refractivity contribution in [3.05, 3.63) is 29.8 Å². The van der Waals surface area contributed by atoms with E-state index in [1.165, 1.54) is 75.5 Å². The van der Waals surface area contributed by atoms with Gasteiger partial charge in [0, 0.05) is 11.8 Å². The summed E-state index contributed by atoms with van der Waals surface area (Å²) in [7, 11) is 0. The minimum atomic E-state index is 0.156. The highest BCUT2D eigenvalue weighted by Gasteiger charge is 2.49. The van der Waals surface area contributed by atoms with E-state index in [0.717, 1.165) is 0 Å². The molecule has 3 heterocycles. The van der Waals surface area contributed by atoms with E-state index in [9.17, 15) is 0 Å². The summed E-state index contributed by atoms with van der Waals surface area (Å²) < 4.78 is 0. The van der Waals surface area contributed by atoms with Crippen LogP contribution in [0.3, 0.4) is 0 Å². The average Bonchev–Trinajstić information content (AvgIpc) is 2.79. The summed E-state index contributed by atoms with van der Waals surface area (Å²) >= 11 is 0. The Kier molecular flexibility index (Phi) is 3.37. The van der Waals surface area contributed by atoms with Crippen LogP contribution in [0.1, 0.15) is 69.8 Å². The summed E-state index contributed by atoms with van der Waals surface area (Å²) in [6.45, 7) is 0. The molecule has 0 amide bonds. The predicted octanol–water partition coefficient (Wildman–Crippen LogP) is 4.85. The number of benzene rings is 1. The Morgan fingerprint density at radius 3 is 2.48 bits per heavy atom. The Hall–Kier alpha value is -1.15. The zero-order chi connectivity index (χ0) is 14.2. The van der Waals surface area contributed by atoms with Gasteiger partial charge in [-0.3, -0.25) is 10.3 Å². The molecule has 21 heavy (non-hydrogen) atoms. The number of fused-ring (bicyclic) bond motifs is 1. The number of rotatable bonds is 0. The maximum absolute atomic E-state index is 4.88. The van der Waals surface area contributed by atoms with Gasteiger partial charge < -0.3 is 0 Å². The van der Waals surface area contributed by atoms with E-state index in [1.54, 1.807) is 0 Å². The van der Waals surface area contributed by atoms with Crippen LogP contribution in [-0.4, -0.2) is 11.8 Å². The molecule has 0 aliphatic carbocycles. The van der Waals surface area contributed by atoms with Gasteiger partial charge in [-0.1, -0.05) is 56.7 Å². The van der Waals surface area contributed by atoms with Crippen LogP contribution in [0.15, 0.2) is 29.3 Å². The van der Waals surface area contributed by atoms with Crippen molar-refractivity contribution in [2.24, 2.45) is 4.99 Å². The van der Waals surface area contributed by atoms with E-state index in [1.807, 2.05) is 0 Å². The van der Waals surface area contributed by atoms with Gasteiger partial charge in [0.1, 0.15) is 0 Å². The molecule has 0 saturated carbocycles. The van der Waals surface area contributed by atoms with Crippen LogP contribution >= 0.6 is 0 Å². The highest BCUT2D eigenvalue weighted by atomic mass is 15.1. The van der Waals surface area contributed by atoms with Crippen LogP contribution in [-0.2, 0) is 5.54 Å². The Morgan fingerprint density at radius 1 is 0.810 bits per heavy atom. The van der Waals surface area contributed by atoms with Crippen LogP contribution in [0.2, 0.25) is 0 Å². The van der Waals surface area contributed by atoms with Crippen LogP contribution in [0.5, 0.6) is 0 Å². The number of nitrogens with zero attached hydrogens (tertiary/aromatic N) is 1. The number of aliphatic imine (C=N–C) groups is 1. The van der Waals surface area contributed by atoms with Crippen molar-refractivity contribution in [1.82, 2.24) is 5.32 Å². The number of para-hydroxylation sites is 1. The third-order valence-electron chi connectivity index (χ3n) is 5.83. The Bertz CT molecular complexity index is 550. The summed E-state index contributed by atoms with van der Waals surface area (Å²) in [4.78, 5) is 4.88. The van der Waals surface area contributed by atoms with Crippen molar-refractivity contribution >= 4 is 11.9 Å². The molecule has 4 rings (SSSR count). The zero-order valence-corrected chi connectivity index (χ0v) is 12.9. The van der Waals surface area contributed by atoms with Crippen molar-refractivity contribution < 1.29 is 0 Å². The zero-order valence-electron chi connectivity index (χ0n) is 12.9. The van der Waals surface area contributed by atoms with Gasteiger partial charge >= 0.3 is 0 Å². The molecule has 0 spiro atoms. The van der Waals surface area contributed by atoms with E-state index in [2.05, 4.69) is 35.8 Å². The molecule has 2 bridgehead atoms. The van der Waals surface area contributed by atoms with E-state index >= 15 is 0 Å². The molecule has 2 unspecified atom stereocenters. The van der Waals surface area contributed by atoms with Gasteiger partial charge in [-0.25, -0.2) is 0 Å². The fourth-order valence-electron chi connectivity index (χ4n) is 4.67. The Balaban J connectivity index is 1.77. The van der Waals surface area contributed by atoms with E-state index < -0.39 is 0 Å². The smallest absolute Gasteiger partial charge is 0.0677 e. The van der Waals surface area contributed by atoms with E-state index in [4.69, 9.17) is 4.99 Å². The summed E-state index contributed by atoms with van der Waals surface area (Å²) in [5, 5.41) is 4.08. The monoisotopic (exact) mass is 282 g/mol. The fourth-order valence-corrected chi connectivity index (χ4v) is 4.67. The van der Waals surface area contributed by atoms with Crippen molar-refractivity contribution in [2.45, 2.75) is 75.3 Å². The second kappa shape index (κ2) is 5.24. The summed E-state index contributed by atoms with van der Waals surface area (Å²) in [6, 6.07) is 8.80. The summed E-state index contributed by atoms with van der Waals surface area (Å²) in [6.07, 6.45) is 15.6. The molecule has 1 aromatic carbocycles. The topological polar surface area (TPSA) is 24.4 Å². The molecule has 1 N–H and O–H groups in total. The lowest BCUT2D eigenvalue weighted by Crippen LogP contribution is -2.49. The van der Waals surface area contributed by atoms with Crippen LogP contribution in [0.4, 0.5) is 5.69 Å². The highest BCUT2D eigenvalue weighted by molar-refractivity contribution is 5.77. The molecule has 3 aliphatic heterocycles. The van der Waals surface area contributed by atoms with Crippen LogP contribution in [0.25, 0.3) is 0 Å². The van der Waals surface area contributed by atoms with E-state index in [0.29, 0.717) is 0 Å². The molecule has 2 nitrogen and oxygen atoms in total. The van der Waals surface area contributed by atoms with Gasteiger partial charge in [-0.2, -0.15) is 0 Å². The third-order valence-corrected chi connectivity index (χ3v) is 5.83. The molecular formula is C19H26N2. The molecule has 0 aromatic heterocycles. The standard InChI is InChI=1S/C19H26N2/c1-2-4-8-12-19-14-13-18(21-19,11-7-3-1)15-20-17-10-6-5-9-16(17)19/h5-6,9-10,15,21H,1-4,7-8,11-14H2. The summed E-state index contributed by atoms with van der Waals surface area (Å²) in [5.41, 5.74) is 2.98. The number of nitrogens with one attached hydrogen (secondary N) is 1. The first-order valence-electron chi connectivity index (χ1n) is 8.76. The van der Waals surface area contributed by atoms with Crippen molar-refractivity contribution in [3.63, 3.8) is 0 Å². The minimum Gasteiger partial charge on any atom is -0.297 e. The lowest BCUT2D eigenvalue weighted by molar-refractivity contribution is 0.311. The second-order valence-electron chi connectivity index (χ2n) is 7.26. The van der Waals surface area contributed by atoms with Gasteiger partial charge in [0.15, 0.2) is 0 Å². The number of hydrogen-bond donors (Lipinski definition) is 1. The molecule has 2 atom stereocenters. The minimum absolute atomic E-state index is 0.156. The molecule has 0 radical (unpaired) electrons. The first-order valence-corrected chi connectivity index (χ1v) is 8.76. The van der Waals surface area contributed by atoms with Gasteiger partial charge in [-0.15, -0.1) is 0 Å². The maximum Gasteiger partial charge on any atom is 0.0677 e. The number of hydrogen-bond acceptors (Lipinski definition) is 2. The molecule has 3 aliphatic rings. The second-order valence-corrected chi connectivity index (χ2v) is 7.26. The first kappa shape index (κ1) is 13.5. The van der Waals surface area contributed by atoms with Crippen molar-refractivity contribution in [2.75, 3.05) is 0 Å². The molecule has 112 valence electrons. The third kappa shape index (κ3) is 2.34. The molecule has 2 heteroatoms. The Morgan fingerprint density at radius 2 is 1.57 bits per heavy atom. The van der Waals surface area contributed by atoms with Crippen molar-refractivity contribution in [3.8, 4) is 0 Å². The van der Waals surface area contributed by atoms with E-state index in [-0.39, 0.29) is 11.1 Å². The first-order chi connectivity index (χ1) is 10.3. The molecule has 2 fully saturated rings. The van der Waals surface area contributed by atoms with Gasteiger partial charge in [0.25, 0.3) is 0 Å². The highest BCUT2D eigenvalue weighted by Crippen LogP contribution is 2.48. The fraction of sp³-hybridized carbons (Fsp3) is 0.632. The predicted molar refractivity (Wildman–Crippen MR) is 88.3 cm³/mol. The van der Waals surface area contributed by atoms with Gasteiger partial charge in [0.05, 0.1) is 11.2 Å². The SMILES string of the molecule is C1=Nc2ccccc2C23CCCCCCCCC1(CC2)N3. The lowest BCUT2D eigenvalue weighted by Gasteiger charge is -2.34.